The largest absolute Gasteiger partial charge is 0.394 e. The maximum atomic E-state index is 13.6. The molecule has 3 aromatic rings. The van der Waals surface area contributed by atoms with Gasteiger partial charge in [-0.2, -0.15) is 4.98 Å². The van der Waals surface area contributed by atoms with Gasteiger partial charge in [-0.1, -0.05) is 0 Å². The lowest BCUT2D eigenvalue weighted by Crippen LogP contribution is -2.37. The Hall–Kier alpha value is -3.07. The number of pyridine rings is 1. The minimum atomic E-state index is -0.371. The number of carbonyl (C=O) groups excluding carboxylic acids is 1. The molecule has 3 aromatic heterocycles. The van der Waals surface area contributed by atoms with E-state index in [1.165, 1.54) is 16.8 Å². The van der Waals surface area contributed by atoms with E-state index in [-0.39, 0.29) is 30.5 Å². The maximum absolute atomic E-state index is 13.6. The number of halogens is 1. The molecule has 1 aliphatic heterocycles. The molecule has 4 rings (SSSR count). The van der Waals surface area contributed by atoms with Crippen LogP contribution in [0.3, 0.4) is 0 Å². The highest BCUT2D eigenvalue weighted by atomic mass is 19.1. The van der Waals surface area contributed by atoms with Crippen LogP contribution in [0.5, 0.6) is 0 Å². The Morgan fingerprint density at radius 3 is 3.07 bits per heavy atom. The number of rotatable bonds is 4. The average molecular weight is 384 g/mol. The molecule has 0 aromatic carbocycles. The molecule has 2 N–H and O–H groups in total. The molecule has 0 bridgehead atoms. The number of aliphatic hydroxyl groups is 1. The number of nitrogens with zero attached hydrogens (tertiary/aromatic N) is 5. The molecule has 146 valence electrons. The summed E-state index contributed by atoms with van der Waals surface area (Å²) in [5.74, 6) is 0.117. The minimum Gasteiger partial charge on any atom is -0.394 e. The summed E-state index contributed by atoms with van der Waals surface area (Å²) in [4.78, 5) is 27.5. The number of fused-ring (bicyclic) bond motifs is 1. The Morgan fingerprint density at radius 2 is 2.29 bits per heavy atom. The third kappa shape index (κ3) is 3.40. The lowest BCUT2D eigenvalue weighted by Gasteiger charge is -2.24. The van der Waals surface area contributed by atoms with E-state index in [9.17, 15) is 9.18 Å². The van der Waals surface area contributed by atoms with E-state index >= 15 is 0 Å². The molecule has 9 heteroatoms. The van der Waals surface area contributed by atoms with Gasteiger partial charge >= 0.3 is 6.03 Å². The van der Waals surface area contributed by atoms with E-state index in [4.69, 9.17) is 5.11 Å². The van der Waals surface area contributed by atoms with Crippen molar-refractivity contribution in [1.29, 1.82) is 0 Å². The average Bonchev–Trinajstić information content (AvgIpc) is 3.34. The topological polar surface area (TPSA) is 96.2 Å². The van der Waals surface area contributed by atoms with E-state index in [2.05, 4.69) is 20.3 Å². The molecule has 1 amide bonds. The number of anilines is 1. The van der Waals surface area contributed by atoms with Crippen LogP contribution in [0.1, 0.15) is 31.4 Å². The highest BCUT2D eigenvalue weighted by Crippen LogP contribution is 2.34. The van der Waals surface area contributed by atoms with Crippen LogP contribution in [0.25, 0.3) is 11.0 Å². The second-order valence-electron chi connectivity index (χ2n) is 6.96. The number of hydrogen-bond donors (Lipinski definition) is 2. The third-order valence-electron chi connectivity index (χ3n) is 4.90. The van der Waals surface area contributed by atoms with Gasteiger partial charge in [0.1, 0.15) is 5.82 Å². The van der Waals surface area contributed by atoms with E-state index < -0.39 is 0 Å². The first-order valence-corrected chi connectivity index (χ1v) is 9.19. The molecular weight excluding hydrogens is 363 g/mol. The van der Waals surface area contributed by atoms with Crippen LogP contribution >= 0.6 is 0 Å². The molecule has 4 heterocycles. The summed E-state index contributed by atoms with van der Waals surface area (Å²) in [6, 6.07) is 2.46. The Bertz CT molecular complexity index is 1010. The van der Waals surface area contributed by atoms with Gasteiger partial charge in [0.15, 0.2) is 5.65 Å². The Balaban J connectivity index is 1.67. The van der Waals surface area contributed by atoms with Gasteiger partial charge in [-0.15, -0.1) is 0 Å². The first kappa shape index (κ1) is 18.3. The standard InChI is InChI=1S/C19H21FN6O2/c1-12(11-27)23-19(28)26-6-4-13-9-22-18(24-17(13)26)25-5-2-3-16(25)14-7-15(20)10-21-8-14/h4,6-10,12,16,27H,2-3,5,11H2,1H3,(H,23,28)/t12?,16-/m1/s1. The Kier molecular flexibility index (Phi) is 4.91. The number of aromatic nitrogens is 4. The van der Waals surface area contributed by atoms with Gasteiger partial charge in [0, 0.05) is 30.5 Å². The summed E-state index contributed by atoms with van der Waals surface area (Å²) < 4.78 is 15.0. The van der Waals surface area contributed by atoms with Crippen LogP contribution < -0.4 is 10.2 Å². The van der Waals surface area contributed by atoms with Crippen LogP contribution in [0.2, 0.25) is 0 Å². The zero-order chi connectivity index (χ0) is 19.7. The number of carbonyl (C=O) groups is 1. The van der Waals surface area contributed by atoms with Crippen molar-refractivity contribution in [2.45, 2.75) is 31.8 Å². The molecule has 1 aliphatic rings. The van der Waals surface area contributed by atoms with Gasteiger partial charge in [-0.25, -0.2) is 14.2 Å². The fourth-order valence-corrected chi connectivity index (χ4v) is 3.50. The van der Waals surface area contributed by atoms with Crippen molar-refractivity contribution in [3.05, 3.63) is 48.3 Å². The number of nitrogens with one attached hydrogen (secondary N) is 1. The molecular formula is C19H21FN6O2. The second-order valence-corrected chi connectivity index (χ2v) is 6.96. The van der Waals surface area contributed by atoms with Crippen molar-refractivity contribution in [2.75, 3.05) is 18.1 Å². The lowest BCUT2D eigenvalue weighted by molar-refractivity contribution is 0.222. The van der Waals surface area contributed by atoms with Crippen molar-refractivity contribution >= 4 is 23.0 Å². The first-order chi connectivity index (χ1) is 13.6. The van der Waals surface area contributed by atoms with Crippen LogP contribution in [0, 0.1) is 5.82 Å². The summed E-state index contributed by atoms with van der Waals surface area (Å²) in [6.45, 7) is 2.30. The monoisotopic (exact) mass is 384 g/mol. The predicted molar refractivity (Wildman–Crippen MR) is 102 cm³/mol. The van der Waals surface area contributed by atoms with Crippen LogP contribution in [-0.2, 0) is 0 Å². The van der Waals surface area contributed by atoms with Crippen molar-refractivity contribution < 1.29 is 14.3 Å². The van der Waals surface area contributed by atoms with Crippen molar-refractivity contribution in [2.24, 2.45) is 0 Å². The second kappa shape index (κ2) is 7.51. The summed E-state index contributed by atoms with van der Waals surface area (Å²) in [7, 11) is 0. The van der Waals surface area contributed by atoms with Crippen LogP contribution in [0.4, 0.5) is 15.1 Å². The van der Waals surface area contributed by atoms with Gasteiger partial charge in [0.05, 0.1) is 24.9 Å². The summed E-state index contributed by atoms with van der Waals surface area (Å²) >= 11 is 0. The molecule has 8 nitrogen and oxygen atoms in total. The van der Waals surface area contributed by atoms with Crippen molar-refractivity contribution in [3.8, 4) is 0 Å². The molecule has 0 saturated carbocycles. The van der Waals surface area contributed by atoms with Gasteiger partial charge in [0.25, 0.3) is 0 Å². The van der Waals surface area contributed by atoms with E-state index in [1.54, 1.807) is 31.6 Å². The smallest absolute Gasteiger partial charge is 0.327 e. The zero-order valence-electron chi connectivity index (χ0n) is 15.4. The first-order valence-electron chi connectivity index (χ1n) is 9.19. The fourth-order valence-electron chi connectivity index (χ4n) is 3.50. The van der Waals surface area contributed by atoms with Crippen LogP contribution in [0.15, 0.2) is 36.9 Å². The Morgan fingerprint density at radius 1 is 1.43 bits per heavy atom. The van der Waals surface area contributed by atoms with E-state index in [0.717, 1.165) is 30.3 Å². The lowest BCUT2D eigenvalue weighted by atomic mass is 10.1. The van der Waals surface area contributed by atoms with Gasteiger partial charge < -0.3 is 15.3 Å². The predicted octanol–water partition coefficient (Wildman–Crippen LogP) is 2.25. The SMILES string of the molecule is CC(CO)NC(=O)n1ccc2cnc(N3CCC[C@@H]3c3cncc(F)c3)nc21. The molecule has 0 aliphatic carbocycles. The molecule has 2 atom stereocenters. The molecule has 0 radical (unpaired) electrons. The van der Waals surface area contributed by atoms with Gasteiger partial charge in [-0.05, 0) is 37.5 Å². The number of amides is 1. The van der Waals surface area contributed by atoms with Crippen molar-refractivity contribution in [1.82, 2.24) is 24.8 Å². The maximum Gasteiger partial charge on any atom is 0.327 e. The van der Waals surface area contributed by atoms with Gasteiger partial charge in [0.2, 0.25) is 5.95 Å². The summed E-state index contributed by atoms with van der Waals surface area (Å²) in [5.41, 5.74) is 1.27. The normalized spacial score (nSPS) is 17.8. The summed E-state index contributed by atoms with van der Waals surface area (Å²) in [6.07, 6.45) is 7.93. The van der Waals surface area contributed by atoms with Crippen molar-refractivity contribution in [3.63, 3.8) is 0 Å². The van der Waals surface area contributed by atoms with Gasteiger partial charge in [-0.3, -0.25) is 9.55 Å². The Labute approximate surface area is 161 Å². The zero-order valence-corrected chi connectivity index (χ0v) is 15.4. The minimum absolute atomic E-state index is 0.0627. The molecule has 1 unspecified atom stereocenters. The molecule has 1 saturated heterocycles. The summed E-state index contributed by atoms with van der Waals surface area (Å²) in [5, 5.41) is 12.6. The molecule has 0 spiro atoms. The third-order valence-corrected chi connectivity index (χ3v) is 4.90. The molecule has 28 heavy (non-hydrogen) atoms. The van der Waals surface area contributed by atoms with E-state index in [1.807, 2.05) is 4.90 Å². The number of hydrogen-bond acceptors (Lipinski definition) is 6. The highest BCUT2D eigenvalue weighted by molar-refractivity contribution is 5.89. The number of aliphatic hydroxyl groups excluding tert-OH is 1. The van der Waals surface area contributed by atoms with Crippen LogP contribution in [-0.4, -0.2) is 49.9 Å². The van der Waals surface area contributed by atoms with E-state index in [0.29, 0.717) is 11.6 Å². The highest BCUT2D eigenvalue weighted by Gasteiger charge is 2.29. The molecule has 1 fully saturated rings. The fraction of sp³-hybridized carbons (Fsp3) is 0.368. The quantitative estimate of drug-likeness (QED) is 0.716.